The topological polar surface area (TPSA) is 115 Å². The molecular formula is C36H28F3N3O5. The van der Waals surface area contributed by atoms with Crippen LogP contribution in [0.15, 0.2) is 126 Å². The minimum absolute atomic E-state index is 0.150. The molecule has 5 rings (SSSR count). The van der Waals surface area contributed by atoms with Gasteiger partial charge < -0.3 is 19.9 Å². The van der Waals surface area contributed by atoms with Crippen LogP contribution in [-0.2, 0) is 31.7 Å². The summed E-state index contributed by atoms with van der Waals surface area (Å²) in [5.74, 6) is -3.58. The molecule has 1 aliphatic rings. The maximum atomic E-state index is 14.2. The molecule has 0 saturated carbocycles. The van der Waals surface area contributed by atoms with E-state index in [9.17, 15) is 28.0 Å². The van der Waals surface area contributed by atoms with Crippen LogP contribution in [0.5, 0.6) is 11.5 Å². The number of nitrogens with two attached hydrogens (primary N) is 1. The highest BCUT2D eigenvalue weighted by atomic mass is 19.4. The molecular weight excluding hydrogens is 611 g/mol. The van der Waals surface area contributed by atoms with E-state index in [4.69, 9.17) is 19.9 Å². The summed E-state index contributed by atoms with van der Waals surface area (Å²) >= 11 is 0. The highest BCUT2D eigenvalue weighted by molar-refractivity contribution is 6.06. The molecule has 1 unspecified atom stereocenters. The molecule has 1 aliphatic heterocycles. The average molecular weight is 640 g/mol. The van der Waals surface area contributed by atoms with Crippen molar-refractivity contribution in [2.24, 2.45) is 5.73 Å². The first-order valence-corrected chi connectivity index (χ1v) is 14.3. The fraction of sp³-hybridized carbons (Fsp3) is 0.139. The second-order valence-corrected chi connectivity index (χ2v) is 10.4. The Balaban J connectivity index is 1.78. The number of benzene rings is 4. The molecule has 0 amide bonds. The van der Waals surface area contributed by atoms with Gasteiger partial charge in [0.05, 0.1) is 48.6 Å². The molecule has 8 nitrogen and oxygen atoms in total. The fourth-order valence-electron chi connectivity index (χ4n) is 5.40. The summed E-state index contributed by atoms with van der Waals surface area (Å²) < 4.78 is 58.9. The number of nitriles is 1. The Morgan fingerprint density at radius 2 is 1.47 bits per heavy atom. The van der Waals surface area contributed by atoms with E-state index < -0.39 is 41.1 Å². The van der Waals surface area contributed by atoms with Crippen LogP contribution < -0.4 is 15.4 Å². The SMILES string of the molecule is COC(=O)C1=C(C(=O)OC)N(c2cc(C(F)(F)F)ccc2Oc2ccccc2Cc2ccccc2)C(N)=C(C#N)C1c1ccccc1. The van der Waals surface area contributed by atoms with Gasteiger partial charge in [0, 0.05) is 6.42 Å². The zero-order valence-corrected chi connectivity index (χ0v) is 25.2. The van der Waals surface area contributed by atoms with E-state index in [-0.39, 0.29) is 22.6 Å². The lowest BCUT2D eigenvalue weighted by molar-refractivity contribution is -0.139. The van der Waals surface area contributed by atoms with Gasteiger partial charge in [-0.2, -0.15) is 18.4 Å². The van der Waals surface area contributed by atoms with Gasteiger partial charge in [0.15, 0.2) is 5.75 Å². The van der Waals surface area contributed by atoms with Gasteiger partial charge in [-0.05, 0) is 41.0 Å². The number of hydrogen-bond acceptors (Lipinski definition) is 8. The van der Waals surface area contributed by atoms with E-state index in [2.05, 4.69) is 0 Å². The number of carbonyl (C=O) groups excluding carboxylic acids is 2. The largest absolute Gasteiger partial charge is 0.466 e. The highest BCUT2D eigenvalue weighted by Gasteiger charge is 2.44. The Bertz CT molecular complexity index is 1920. The van der Waals surface area contributed by atoms with Crippen LogP contribution in [0.25, 0.3) is 0 Å². The predicted octanol–water partition coefficient (Wildman–Crippen LogP) is 6.99. The number of rotatable bonds is 8. The third-order valence-corrected chi connectivity index (χ3v) is 7.57. The van der Waals surface area contributed by atoms with Crippen LogP contribution in [0.2, 0.25) is 0 Å². The van der Waals surface area contributed by atoms with Crippen molar-refractivity contribution in [2.45, 2.75) is 18.5 Å². The predicted molar refractivity (Wildman–Crippen MR) is 167 cm³/mol. The molecule has 0 aliphatic carbocycles. The number of hydrogen-bond donors (Lipinski definition) is 1. The molecule has 0 fully saturated rings. The summed E-state index contributed by atoms with van der Waals surface area (Å²) in [6, 6.07) is 29.4. The van der Waals surface area contributed by atoms with Crippen LogP contribution in [0.1, 0.15) is 28.2 Å². The van der Waals surface area contributed by atoms with E-state index in [1.165, 1.54) is 0 Å². The maximum Gasteiger partial charge on any atom is 0.416 e. The Hall–Kier alpha value is -6.02. The Morgan fingerprint density at radius 1 is 0.851 bits per heavy atom. The molecule has 4 aromatic carbocycles. The Labute approximate surface area is 268 Å². The van der Waals surface area contributed by atoms with Crippen molar-refractivity contribution in [1.29, 1.82) is 5.26 Å². The molecule has 2 N–H and O–H groups in total. The number of nitrogens with zero attached hydrogens (tertiary/aromatic N) is 2. The lowest BCUT2D eigenvalue weighted by Gasteiger charge is -2.36. The second-order valence-electron chi connectivity index (χ2n) is 10.4. The molecule has 0 aromatic heterocycles. The summed E-state index contributed by atoms with van der Waals surface area (Å²) in [5, 5.41) is 10.4. The second kappa shape index (κ2) is 13.5. The van der Waals surface area contributed by atoms with E-state index in [0.717, 1.165) is 42.9 Å². The van der Waals surface area contributed by atoms with Crippen molar-refractivity contribution >= 4 is 17.6 Å². The van der Waals surface area contributed by atoms with Crippen molar-refractivity contribution in [3.63, 3.8) is 0 Å². The average Bonchev–Trinajstić information content (AvgIpc) is 3.08. The van der Waals surface area contributed by atoms with E-state index in [1.54, 1.807) is 48.5 Å². The third kappa shape index (κ3) is 6.53. The zero-order chi connectivity index (χ0) is 33.7. The first-order valence-electron chi connectivity index (χ1n) is 14.3. The number of para-hydroxylation sites is 1. The molecule has 47 heavy (non-hydrogen) atoms. The van der Waals surface area contributed by atoms with Crippen LogP contribution in [-0.4, -0.2) is 26.2 Å². The molecule has 0 radical (unpaired) electrons. The number of methoxy groups -OCH3 is 2. The molecule has 11 heteroatoms. The van der Waals surface area contributed by atoms with Crippen LogP contribution in [0.3, 0.4) is 0 Å². The summed E-state index contributed by atoms with van der Waals surface area (Å²) in [7, 11) is 2.12. The number of ether oxygens (including phenoxy) is 3. The molecule has 4 aromatic rings. The van der Waals surface area contributed by atoms with Gasteiger partial charge in [-0.25, -0.2) is 9.59 Å². The normalized spacial score (nSPS) is 14.8. The van der Waals surface area contributed by atoms with Gasteiger partial charge in [-0.1, -0.05) is 78.9 Å². The molecule has 238 valence electrons. The van der Waals surface area contributed by atoms with Gasteiger partial charge in [0.2, 0.25) is 0 Å². The standard InChI is InChI=1S/C36H28F3N3O5/c1-45-34(43)31-30(23-13-7-4-8-14-23)26(21-40)33(41)42(32(31)35(44)46-2)27-20-25(36(37,38)39)17-18-29(27)47-28-16-10-9-15-24(28)19-22-11-5-3-6-12-22/h3-18,20,30H,19,41H2,1-2H3. The summed E-state index contributed by atoms with van der Waals surface area (Å²) in [6.07, 6.45) is -4.38. The van der Waals surface area contributed by atoms with Gasteiger partial charge >= 0.3 is 18.1 Å². The molecule has 1 atom stereocenters. The van der Waals surface area contributed by atoms with Crippen molar-refractivity contribution < 1.29 is 37.0 Å². The van der Waals surface area contributed by atoms with Crippen LogP contribution >= 0.6 is 0 Å². The smallest absolute Gasteiger partial charge is 0.416 e. The van der Waals surface area contributed by atoms with Gasteiger partial charge in [-0.15, -0.1) is 0 Å². The van der Waals surface area contributed by atoms with E-state index in [1.807, 2.05) is 42.5 Å². The van der Waals surface area contributed by atoms with Crippen molar-refractivity contribution in [3.8, 4) is 17.6 Å². The maximum absolute atomic E-state index is 14.2. The Morgan fingerprint density at radius 3 is 2.09 bits per heavy atom. The monoisotopic (exact) mass is 639 g/mol. The van der Waals surface area contributed by atoms with Gasteiger partial charge in [-0.3, -0.25) is 4.90 Å². The number of anilines is 1. The molecule has 1 heterocycles. The minimum Gasteiger partial charge on any atom is -0.466 e. The van der Waals surface area contributed by atoms with Gasteiger partial charge in [0.25, 0.3) is 0 Å². The number of halogens is 3. The lowest BCUT2D eigenvalue weighted by atomic mass is 9.81. The minimum atomic E-state index is -4.82. The molecule has 0 saturated heterocycles. The third-order valence-electron chi connectivity index (χ3n) is 7.57. The molecule has 0 bridgehead atoms. The van der Waals surface area contributed by atoms with Crippen LogP contribution in [0.4, 0.5) is 18.9 Å². The number of carbonyl (C=O) groups is 2. The summed E-state index contributed by atoms with van der Waals surface area (Å²) in [4.78, 5) is 27.9. The van der Waals surface area contributed by atoms with E-state index >= 15 is 0 Å². The first-order chi connectivity index (χ1) is 22.6. The summed E-state index contributed by atoms with van der Waals surface area (Å²) in [6.45, 7) is 0. The number of esters is 2. The van der Waals surface area contributed by atoms with Crippen molar-refractivity contribution in [2.75, 3.05) is 19.1 Å². The highest BCUT2D eigenvalue weighted by Crippen LogP contribution is 2.47. The summed E-state index contributed by atoms with van der Waals surface area (Å²) in [5.41, 5.74) is 6.10. The van der Waals surface area contributed by atoms with Crippen molar-refractivity contribution in [3.05, 3.63) is 148 Å². The fourth-order valence-corrected chi connectivity index (χ4v) is 5.40. The number of allylic oxidation sites excluding steroid dienone is 1. The molecule has 0 spiro atoms. The number of alkyl halides is 3. The quantitative estimate of drug-likeness (QED) is 0.205. The first kappa shape index (κ1) is 32.4. The lowest BCUT2D eigenvalue weighted by Crippen LogP contribution is -2.41. The van der Waals surface area contributed by atoms with Gasteiger partial charge in [0.1, 0.15) is 17.3 Å². The van der Waals surface area contributed by atoms with E-state index in [0.29, 0.717) is 23.3 Å². The Kier molecular flexibility index (Phi) is 9.33. The van der Waals surface area contributed by atoms with Crippen molar-refractivity contribution in [1.82, 2.24) is 0 Å². The zero-order valence-electron chi connectivity index (χ0n) is 25.2. The van der Waals surface area contributed by atoms with Crippen LogP contribution in [0, 0.1) is 11.3 Å².